The molecule has 0 spiro atoms. The van der Waals surface area contributed by atoms with E-state index in [-0.39, 0.29) is 5.69 Å². The monoisotopic (exact) mass is 233 g/mol. The van der Waals surface area contributed by atoms with E-state index in [1.807, 2.05) is 12.1 Å². The first kappa shape index (κ1) is 11.1. The Morgan fingerprint density at radius 1 is 1.47 bits per heavy atom. The number of aromatic nitrogens is 2. The van der Waals surface area contributed by atoms with Crippen LogP contribution in [0.25, 0.3) is 0 Å². The Bertz CT molecular complexity index is 496. The zero-order valence-electron chi connectivity index (χ0n) is 8.96. The van der Waals surface area contributed by atoms with Crippen LogP contribution in [-0.4, -0.2) is 27.6 Å². The van der Waals surface area contributed by atoms with Gasteiger partial charge < -0.3 is 14.8 Å². The molecule has 2 aromatic rings. The average Bonchev–Trinajstić information content (AvgIpc) is 2.82. The summed E-state index contributed by atoms with van der Waals surface area (Å²) in [6, 6.07) is 5.03. The molecular weight excluding hydrogens is 222 g/mol. The van der Waals surface area contributed by atoms with Gasteiger partial charge in [-0.25, -0.2) is 14.8 Å². The zero-order chi connectivity index (χ0) is 12.1. The Balaban J connectivity index is 1.90. The first-order valence-corrected chi connectivity index (χ1v) is 5.08. The number of carbonyl (C=O) groups is 1. The summed E-state index contributed by atoms with van der Waals surface area (Å²) in [5.74, 6) is 0.0878. The smallest absolute Gasteiger partial charge is 0.354 e. The second kappa shape index (κ2) is 5.11. The maximum absolute atomic E-state index is 10.7. The van der Waals surface area contributed by atoms with Gasteiger partial charge in [-0.1, -0.05) is 0 Å². The fourth-order valence-corrected chi connectivity index (χ4v) is 1.32. The van der Waals surface area contributed by atoms with Gasteiger partial charge in [0.05, 0.1) is 6.26 Å². The Morgan fingerprint density at radius 3 is 3.06 bits per heavy atom. The first-order valence-electron chi connectivity index (χ1n) is 5.08. The molecular formula is C11H11N3O3. The van der Waals surface area contributed by atoms with Crippen molar-refractivity contribution in [3.63, 3.8) is 0 Å². The van der Waals surface area contributed by atoms with E-state index < -0.39 is 5.97 Å². The quantitative estimate of drug-likeness (QED) is 0.812. The van der Waals surface area contributed by atoms with Crippen LogP contribution in [0.2, 0.25) is 0 Å². The lowest BCUT2D eigenvalue weighted by atomic mass is 10.3. The lowest BCUT2D eigenvalue weighted by Crippen LogP contribution is -2.10. The standard InChI is InChI=1S/C11H11N3O3/c15-10(16)9-4-6-13-11(14-9)12-5-3-8-2-1-7-17-8/h1-2,4,6-7H,3,5H2,(H,15,16)(H,12,13,14). The van der Waals surface area contributed by atoms with Crippen LogP contribution in [0.1, 0.15) is 16.2 Å². The normalized spacial score (nSPS) is 10.1. The summed E-state index contributed by atoms with van der Waals surface area (Å²) in [4.78, 5) is 18.4. The van der Waals surface area contributed by atoms with E-state index in [2.05, 4.69) is 15.3 Å². The number of anilines is 1. The van der Waals surface area contributed by atoms with E-state index in [9.17, 15) is 4.79 Å². The molecule has 0 radical (unpaired) electrons. The molecule has 2 aromatic heterocycles. The lowest BCUT2D eigenvalue weighted by molar-refractivity contribution is 0.0690. The second-order valence-electron chi connectivity index (χ2n) is 3.33. The number of carboxylic acids is 1. The second-order valence-corrected chi connectivity index (χ2v) is 3.33. The molecule has 0 amide bonds. The van der Waals surface area contributed by atoms with Crippen molar-refractivity contribution >= 4 is 11.9 Å². The summed E-state index contributed by atoms with van der Waals surface area (Å²) in [5, 5.41) is 11.7. The van der Waals surface area contributed by atoms with Gasteiger partial charge in [0.1, 0.15) is 5.76 Å². The number of furan rings is 1. The molecule has 0 atom stereocenters. The third kappa shape index (κ3) is 3.04. The molecule has 2 heterocycles. The van der Waals surface area contributed by atoms with Crippen molar-refractivity contribution in [2.45, 2.75) is 6.42 Å². The van der Waals surface area contributed by atoms with E-state index in [0.29, 0.717) is 18.9 Å². The van der Waals surface area contributed by atoms with Crippen LogP contribution in [-0.2, 0) is 6.42 Å². The van der Waals surface area contributed by atoms with E-state index in [1.165, 1.54) is 12.3 Å². The van der Waals surface area contributed by atoms with Crippen LogP contribution < -0.4 is 5.32 Å². The van der Waals surface area contributed by atoms with Crippen molar-refractivity contribution in [3.8, 4) is 0 Å². The van der Waals surface area contributed by atoms with Crippen LogP contribution in [0.15, 0.2) is 35.1 Å². The van der Waals surface area contributed by atoms with Gasteiger partial charge in [0.25, 0.3) is 0 Å². The SMILES string of the molecule is O=C(O)c1ccnc(NCCc2ccco2)n1. The highest BCUT2D eigenvalue weighted by molar-refractivity contribution is 5.85. The predicted molar refractivity (Wildman–Crippen MR) is 59.9 cm³/mol. The zero-order valence-corrected chi connectivity index (χ0v) is 8.96. The van der Waals surface area contributed by atoms with Gasteiger partial charge in [-0.15, -0.1) is 0 Å². The summed E-state index contributed by atoms with van der Waals surface area (Å²) in [6.07, 6.45) is 3.70. The molecule has 0 unspecified atom stereocenters. The van der Waals surface area contributed by atoms with Crippen molar-refractivity contribution in [2.24, 2.45) is 0 Å². The summed E-state index contributed by atoms with van der Waals surface area (Å²) in [7, 11) is 0. The van der Waals surface area contributed by atoms with Crippen LogP contribution in [0.5, 0.6) is 0 Å². The van der Waals surface area contributed by atoms with Crippen molar-refractivity contribution in [3.05, 3.63) is 42.1 Å². The highest BCUT2D eigenvalue weighted by atomic mass is 16.4. The molecule has 0 aromatic carbocycles. The minimum absolute atomic E-state index is 0.0273. The summed E-state index contributed by atoms with van der Waals surface area (Å²) in [5.41, 5.74) is -0.0273. The maximum atomic E-state index is 10.7. The highest BCUT2D eigenvalue weighted by Crippen LogP contribution is 2.03. The number of carboxylic acid groups (broad SMARTS) is 1. The molecule has 0 saturated carbocycles. The number of hydrogen-bond donors (Lipinski definition) is 2. The summed E-state index contributed by atoms with van der Waals surface area (Å²) < 4.78 is 5.16. The maximum Gasteiger partial charge on any atom is 0.354 e. The van der Waals surface area contributed by atoms with Crippen molar-refractivity contribution in [1.29, 1.82) is 0 Å². The predicted octanol–water partition coefficient (Wildman–Crippen LogP) is 1.42. The topological polar surface area (TPSA) is 88.2 Å². The number of aromatic carboxylic acids is 1. The van der Waals surface area contributed by atoms with Crippen LogP contribution >= 0.6 is 0 Å². The summed E-state index contributed by atoms with van der Waals surface area (Å²) >= 11 is 0. The van der Waals surface area contributed by atoms with Gasteiger partial charge in [-0.3, -0.25) is 0 Å². The molecule has 6 heteroatoms. The molecule has 0 fully saturated rings. The molecule has 0 aliphatic rings. The largest absolute Gasteiger partial charge is 0.477 e. The van der Waals surface area contributed by atoms with Gasteiger partial charge >= 0.3 is 5.97 Å². The van der Waals surface area contributed by atoms with E-state index in [4.69, 9.17) is 9.52 Å². The number of nitrogens with one attached hydrogen (secondary N) is 1. The molecule has 17 heavy (non-hydrogen) atoms. The molecule has 0 saturated heterocycles. The molecule has 0 bridgehead atoms. The minimum atomic E-state index is -1.07. The van der Waals surface area contributed by atoms with Crippen LogP contribution in [0.4, 0.5) is 5.95 Å². The van der Waals surface area contributed by atoms with Gasteiger partial charge in [-0.2, -0.15) is 0 Å². The van der Waals surface area contributed by atoms with Gasteiger partial charge in [0.15, 0.2) is 5.69 Å². The molecule has 0 aliphatic heterocycles. The Kier molecular flexibility index (Phi) is 3.34. The third-order valence-electron chi connectivity index (χ3n) is 2.11. The molecule has 2 N–H and O–H groups in total. The molecule has 0 aliphatic carbocycles. The molecule has 2 rings (SSSR count). The Hall–Kier alpha value is -2.37. The van der Waals surface area contributed by atoms with Crippen LogP contribution in [0.3, 0.4) is 0 Å². The van der Waals surface area contributed by atoms with Crippen molar-refractivity contribution < 1.29 is 14.3 Å². The highest BCUT2D eigenvalue weighted by Gasteiger charge is 2.05. The van der Waals surface area contributed by atoms with Crippen LogP contribution in [0, 0.1) is 0 Å². The lowest BCUT2D eigenvalue weighted by Gasteiger charge is -2.03. The minimum Gasteiger partial charge on any atom is -0.477 e. The van der Waals surface area contributed by atoms with E-state index >= 15 is 0 Å². The first-order chi connectivity index (χ1) is 8.25. The fraction of sp³-hybridized carbons (Fsp3) is 0.182. The third-order valence-corrected chi connectivity index (χ3v) is 2.11. The van der Waals surface area contributed by atoms with Gasteiger partial charge in [-0.05, 0) is 18.2 Å². The summed E-state index contributed by atoms with van der Waals surface area (Å²) in [6.45, 7) is 0.580. The fourth-order valence-electron chi connectivity index (χ4n) is 1.32. The number of nitrogens with zero attached hydrogens (tertiary/aromatic N) is 2. The Labute approximate surface area is 97.3 Å². The van der Waals surface area contributed by atoms with Gasteiger partial charge in [0, 0.05) is 19.2 Å². The van der Waals surface area contributed by atoms with E-state index in [0.717, 1.165) is 5.76 Å². The van der Waals surface area contributed by atoms with Gasteiger partial charge in [0.2, 0.25) is 5.95 Å². The van der Waals surface area contributed by atoms with Crippen molar-refractivity contribution in [1.82, 2.24) is 9.97 Å². The average molecular weight is 233 g/mol. The molecule has 6 nitrogen and oxygen atoms in total. The van der Waals surface area contributed by atoms with E-state index in [1.54, 1.807) is 6.26 Å². The van der Waals surface area contributed by atoms with Crippen molar-refractivity contribution in [2.75, 3.05) is 11.9 Å². The Morgan fingerprint density at radius 2 is 2.35 bits per heavy atom. The number of hydrogen-bond acceptors (Lipinski definition) is 5. The number of rotatable bonds is 5. The molecule has 88 valence electrons.